The molecule has 0 radical (unpaired) electrons. The Hall–Kier alpha value is -3.22. The number of furan rings is 1. The summed E-state index contributed by atoms with van der Waals surface area (Å²) in [5, 5.41) is 2.90. The highest BCUT2D eigenvalue weighted by Gasteiger charge is 2.22. The molecule has 0 aliphatic carbocycles. The molecule has 3 aromatic rings. The van der Waals surface area contributed by atoms with Crippen molar-refractivity contribution >= 4 is 28.5 Å². The molecule has 0 aliphatic heterocycles. The summed E-state index contributed by atoms with van der Waals surface area (Å²) in [6, 6.07) is 7.03. The van der Waals surface area contributed by atoms with Crippen molar-refractivity contribution in [2.24, 2.45) is 0 Å². The van der Waals surface area contributed by atoms with Crippen LogP contribution in [-0.2, 0) is 20.7 Å². The monoisotopic (exact) mass is 387 g/mol. The van der Waals surface area contributed by atoms with E-state index < -0.39 is 35.3 Å². The Balaban J connectivity index is 1.66. The molecule has 5 nitrogen and oxygen atoms in total. The first-order valence-electron chi connectivity index (χ1n) is 8.68. The Morgan fingerprint density at radius 3 is 2.46 bits per heavy atom. The Bertz CT molecular complexity index is 1040. The van der Waals surface area contributed by atoms with Crippen molar-refractivity contribution in [1.82, 2.24) is 0 Å². The van der Waals surface area contributed by atoms with Crippen LogP contribution in [0.2, 0.25) is 0 Å². The molecule has 1 amide bonds. The highest BCUT2D eigenvalue weighted by Crippen LogP contribution is 2.25. The molecule has 3 rings (SSSR count). The third-order valence-electron chi connectivity index (χ3n) is 4.49. The van der Waals surface area contributed by atoms with E-state index in [0.29, 0.717) is 11.1 Å². The molecule has 1 N–H and O–H groups in total. The average Bonchev–Trinajstić information content (AvgIpc) is 3.00. The SMILES string of the molecule is Cc1cc2occ(CC(=O)OC(C)C(=O)Nc3c(F)cccc3F)c2cc1C. The number of esters is 1. The van der Waals surface area contributed by atoms with Crippen LogP contribution >= 0.6 is 0 Å². The first-order valence-corrected chi connectivity index (χ1v) is 8.68. The van der Waals surface area contributed by atoms with E-state index in [9.17, 15) is 18.4 Å². The van der Waals surface area contributed by atoms with Gasteiger partial charge in [0.1, 0.15) is 22.9 Å². The zero-order valence-electron chi connectivity index (χ0n) is 15.6. The molecule has 1 heterocycles. The summed E-state index contributed by atoms with van der Waals surface area (Å²) in [7, 11) is 0. The molecule has 146 valence electrons. The zero-order valence-corrected chi connectivity index (χ0v) is 15.6. The van der Waals surface area contributed by atoms with Gasteiger partial charge in [0.15, 0.2) is 6.10 Å². The van der Waals surface area contributed by atoms with Gasteiger partial charge in [0.05, 0.1) is 12.7 Å². The van der Waals surface area contributed by atoms with Gasteiger partial charge in [0.2, 0.25) is 0 Å². The van der Waals surface area contributed by atoms with E-state index in [2.05, 4.69) is 5.32 Å². The molecule has 0 saturated heterocycles. The summed E-state index contributed by atoms with van der Waals surface area (Å²) < 4.78 is 37.8. The Kier molecular flexibility index (Phi) is 5.44. The topological polar surface area (TPSA) is 68.5 Å². The van der Waals surface area contributed by atoms with E-state index in [1.54, 1.807) is 0 Å². The number of rotatable bonds is 5. The number of amides is 1. The smallest absolute Gasteiger partial charge is 0.311 e. The van der Waals surface area contributed by atoms with E-state index in [1.807, 2.05) is 26.0 Å². The fraction of sp³-hybridized carbons (Fsp3) is 0.238. The van der Waals surface area contributed by atoms with E-state index >= 15 is 0 Å². The number of carbonyl (C=O) groups is 2. The summed E-state index contributed by atoms with van der Waals surface area (Å²) in [6.07, 6.45) is 0.152. The van der Waals surface area contributed by atoms with Crippen LogP contribution in [0.4, 0.5) is 14.5 Å². The standard InChI is InChI=1S/C21H19F2NO4/c1-11-7-15-14(10-27-18(15)8-12(11)2)9-19(25)28-13(3)21(26)24-20-16(22)5-4-6-17(20)23/h4-8,10,13H,9H2,1-3H3,(H,24,26). The predicted molar refractivity (Wildman–Crippen MR) is 99.9 cm³/mol. The Morgan fingerprint density at radius 1 is 1.14 bits per heavy atom. The fourth-order valence-corrected chi connectivity index (χ4v) is 2.76. The van der Waals surface area contributed by atoms with Crippen molar-refractivity contribution < 1.29 is 27.5 Å². The van der Waals surface area contributed by atoms with Crippen LogP contribution in [0.25, 0.3) is 11.0 Å². The normalized spacial score (nSPS) is 12.0. The number of aryl methyl sites for hydroxylation is 2. The van der Waals surface area contributed by atoms with Gasteiger partial charge in [-0.2, -0.15) is 0 Å². The molecule has 0 aliphatic rings. The second-order valence-electron chi connectivity index (χ2n) is 6.59. The molecule has 0 fully saturated rings. The van der Waals surface area contributed by atoms with Crippen molar-refractivity contribution in [3.05, 3.63) is 64.9 Å². The average molecular weight is 387 g/mol. The largest absolute Gasteiger partial charge is 0.464 e. The number of para-hydroxylation sites is 1. The van der Waals surface area contributed by atoms with E-state index in [4.69, 9.17) is 9.15 Å². The number of anilines is 1. The van der Waals surface area contributed by atoms with E-state index in [1.165, 1.54) is 19.3 Å². The van der Waals surface area contributed by atoms with Gasteiger partial charge in [0.25, 0.3) is 5.91 Å². The fourth-order valence-electron chi connectivity index (χ4n) is 2.76. The Labute approximate surface area is 160 Å². The van der Waals surface area contributed by atoms with E-state index in [-0.39, 0.29) is 6.42 Å². The number of benzene rings is 2. The number of hydrogen-bond donors (Lipinski definition) is 1. The van der Waals surface area contributed by atoms with Gasteiger partial charge in [0, 0.05) is 10.9 Å². The molecule has 0 spiro atoms. The van der Waals surface area contributed by atoms with Crippen molar-refractivity contribution in [2.75, 3.05) is 5.32 Å². The second kappa shape index (κ2) is 7.80. The molecule has 1 atom stereocenters. The molecular weight excluding hydrogens is 368 g/mol. The lowest BCUT2D eigenvalue weighted by Crippen LogP contribution is -2.31. The zero-order chi connectivity index (χ0) is 20.4. The number of carbonyl (C=O) groups excluding carboxylic acids is 2. The maximum Gasteiger partial charge on any atom is 0.311 e. The van der Waals surface area contributed by atoms with Crippen LogP contribution in [0.1, 0.15) is 23.6 Å². The number of hydrogen-bond acceptors (Lipinski definition) is 4. The summed E-state index contributed by atoms with van der Waals surface area (Å²) >= 11 is 0. The lowest BCUT2D eigenvalue weighted by Gasteiger charge is -2.14. The molecule has 28 heavy (non-hydrogen) atoms. The quantitative estimate of drug-likeness (QED) is 0.657. The van der Waals surface area contributed by atoms with Crippen molar-refractivity contribution in [3.63, 3.8) is 0 Å². The number of ether oxygens (including phenoxy) is 1. The van der Waals surface area contributed by atoms with Gasteiger partial charge in [-0.1, -0.05) is 6.07 Å². The summed E-state index contributed by atoms with van der Waals surface area (Å²) in [4.78, 5) is 24.3. The molecule has 2 aromatic carbocycles. The summed E-state index contributed by atoms with van der Waals surface area (Å²) in [5.74, 6) is -3.32. The number of halogens is 2. The predicted octanol–water partition coefficient (Wildman–Crippen LogP) is 4.44. The van der Waals surface area contributed by atoms with Crippen molar-refractivity contribution in [1.29, 1.82) is 0 Å². The highest BCUT2D eigenvalue weighted by molar-refractivity contribution is 5.95. The summed E-state index contributed by atoms with van der Waals surface area (Å²) in [5.41, 5.74) is 2.84. The minimum absolute atomic E-state index is 0.0961. The number of fused-ring (bicyclic) bond motifs is 1. The van der Waals surface area contributed by atoms with Gasteiger partial charge >= 0.3 is 5.97 Å². The van der Waals surface area contributed by atoms with Crippen LogP contribution in [0.3, 0.4) is 0 Å². The molecule has 1 unspecified atom stereocenters. The third kappa shape index (κ3) is 4.03. The second-order valence-corrected chi connectivity index (χ2v) is 6.59. The van der Waals surface area contributed by atoms with Gasteiger partial charge in [-0.3, -0.25) is 9.59 Å². The molecule has 7 heteroatoms. The molecule has 1 aromatic heterocycles. The van der Waals surface area contributed by atoms with Crippen LogP contribution < -0.4 is 5.32 Å². The van der Waals surface area contributed by atoms with Gasteiger partial charge in [-0.25, -0.2) is 8.78 Å². The van der Waals surface area contributed by atoms with Crippen LogP contribution in [0.15, 0.2) is 41.0 Å². The van der Waals surface area contributed by atoms with Crippen LogP contribution in [0.5, 0.6) is 0 Å². The van der Waals surface area contributed by atoms with Crippen molar-refractivity contribution in [3.8, 4) is 0 Å². The molecule has 0 bridgehead atoms. The minimum Gasteiger partial charge on any atom is -0.464 e. The third-order valence-corrected chi connectivity index (χ3v) is 4.49. The van der Waals surface area contributed by atoms with E-state index in [0.717, 1.165) is 28.6 Å². The molecular formula is C21H19F2NO4. The lowest BCUT2D eigenvalue weighted by molar-refractivity contribution is -0.152. The lowest BCUT2D eigenvalue weighted by atomic mass is 10.0. The minimum atomic E-state index is -1.23. The molecule has 0 saturated carbocycles. The van der Waals surface area contributed by atoms with Crippen LogP contribution in [-0.4, -0.2) is 18.0 Å². The van der Waals surface area contributed by atoms with Crippen LogP contribution in [0, 0.1) is 25.5 Å². The first kappa shape index (κ1) is 19.5. The maximum atomic E-state index is 13.6. The van der Waals surface area contributed by atoms with Gasteiger partial charge in [-0.05, 0) is 56.2 Å². The first-order chi connectivity index (χ1) is 13.3. The van der Waals surface area contributed by atoms with Gasteiger partial charge in [-0.15, -0.1) is 0 Å². The summed E-state index contributed by atoms with van der Waals surface area (Å²) in [6.45, 7) is 5.25. The van der Waals surface area contributed by atoms with Crippen molar-refractivity contribution in [2.45, 2.75) is 33.3 Å². The maximum absolute atomic E-state index is 13.6. The van der Waals surface area contributed by atoms with Gasteiger partial charge < -0.3 is 14.5 Å². The number of nitrogens with one attached hydrogen (secondary N) is 1. The Morgan fingerprint density at radius 2 is 1.79 bits per heavy atom. The highest BCUT2D eigenvalue weighted by atomic mass is 19.1.